The summed E-state index contributed by atoms with van der Waals surface area (Å²) in [5.41, 5.74) is 3.08. The van der Waals surface area contributed by atoms with Crippen molar-refractivity contribution in [3.63, 3.8) is 0 Å². The lowest BCUT2D eigenvalue weighted by molar-refractivity contribution is 0.178. The number of benzene rings is 2. The molecule has 1 N–H and O–H groups in total. The van der Waals surface area contributed by atoms with E-state index in [9.17, 15) is 5.11 Å². The lowest BCUT2D eigenvalue weighted by Gasteiger charge is -2.16. The summed E-state index contributed by atoms with van der Waals surface area (Å²) < 4.78 is 5.20. The van der Waals surface area contributed by atoms with Crippen molar-refractivity contribution in [2.45, 2.75) is 12.5 Å². The van der Waals surface area contributed by atoms with Crippen LogP contribution in [0.3, 0.4) is 0 Å². The van der Waals surface area contributed by atoms with E-state index in [1.807, 2.05) is 67.5 Å². The van der Waals surface area contributed by atoms with Crippen LogP contribution in [0.1, 0.15) is 17.2 Å². The van der Waals surface area contributed by atoms with E-state index in [4.69, 9.17) is 4.74 Å². The predicted molar refractivity (Wildman–Crippen MR) is 82.4 cm³/mol. The molecule has 0 aromatic heterocycles. The van der Waals surface area contributed by atoms with Crippen molar-refractivity contribution in [1.82, 2.24) is 0 Å². The zero-order valence-electron chi connectivity index (χ0n) is 12.2. The molecule has 2 rings (SSSR count). The molecule has 0 radical (unpaired) electrons. The van der Waals surface area contributed by atoms with Gasteiger partial charge in [0.2, 0.25) is 0 Å². The van der Waals surface area contributed by atoms with E-state index in [1.165, 1.54) is 0 Å². The van der Waals surface area contributed by atoms with Gasteiger partial charge < -0.3 is 14.7 Å². The van der Waals surface area contributed by atoms with E-state index in [2.05, 4.69) is 0 Å². The predicted octanol–water partition coefficient (Wildman–Crippen LogP) is 3.04. The Labute approximate surface area is 120 Å². The largest absolute Gasteiger partial charge is 0.497 e. The summed E-state index contributed by atoms with van der Waals surface area (Å²) in [5.74, 6) is 0.816. The zero-order valence-corrected chi connectivity index (χ0v) is 12.2. The number of hydrogen-bond acceptors (Lipinski definition) is 3. The molecule has 106 valence electrons. The van der Waals surface area contributed by atoms with Crippen LogP contribution in [0.25, 0.3) is 0 Å². The molecule has 0 heterocycles. The highest BCUT2D eigenvalue weighted by Crippen LogP contribution is 2.23. The number of hydrogen-bond donors (Lipinski definition) is 1. The van der Waals surface area contributed by atoms with Gasteiger partial charge in [-0.3, -0.25) is 0 Å². The Bertz CT molecular complexity index is 566. The maximum Gasteiger partial charge on any atom is 0.119 e. The summed E-state index contributed by atoms with van der Waals surface area (Å²) >= 11 is 0. The number of aliphatic hydroxyl groups excluding tert-OH is 1. The number of aliphatic hydroxyl groups is 1. The minimum Gasteiger partial charge on any atom is -0.497 e. The Hall–Kier alpha value is -2.00. The van der Waals surface area contributed by atoms with Crippen molar-refractivity contribution in [3.05, 3.63) is 59.7 Å². The molecule has 1 atom stereocenters. The Morgan fingerprint density at radius 3 is 2.55 bits per heavy atom. The summed E-state index contributed by atoms with van der Waals surface area (Å²) in [6.45, 7) is 0. The van der Waals surface area contributed by atoms with E-state index in [0.717, 1.165) is 22.6 Å². The van der Waals surface area contributed by atoms with Gasteiger partial charge in [-0.2, -0.15) is 0 Å². The molecule has 0 spiro atoms. The number of nitrogens with zero attached hydrogens (tertiary/aromatic N) is 1. The van der Waals surface area contributed by atoms with Crippen molar-refractivity contribution in [2.24, 2.45) is 0 Å². The average Bonchev–Trinajstić information content (AvgIpc) is 2.47. The highest BCUT2D eigenvalue weighted by Gasteiger charge is 2.10. The molecule has 20 heavy (non-hydrogen) atoms. The van der Waals surface area contributed by atoms with Crippen molar-refractivity contribution in [2.75, 3.05) is 26.1 Å². The molecule has 2 aromatic rings. The van der Waals surface area contributed by atoms with Crippen LogP contribution < -0.4 is 9.64 Å². The van der Waals surface area contributed by atoms with Crippen LogP contribution in [-0.4, -0.2) is 26.3 Å². The Balaban J connectivity index is 2.14. The van der Waals surface area contributed by atoms with Gasteiger partial charge in [-0.25, -0.2) is 0 Å². The van der Waals surface area contributed by atoms with Gasteiger partial charge in [0.05, 0.1) is 13.2 Å². The van der Waals surface area contributed by atoms with E-state index < -0.39 is 6.10 Å². The van der Waals surface area contributed by atoms with Gasteiger partial charge in [-0.05, 0) is 35.4 Å². The fourth-order valence-electron chi connectivity index (χ4n) is 2.15. The lowest BCUT2D eigenvalue weighted by Crippen LogP contribution is -2.10. The first-order valence-corrected chi connectivity index (χ1v) is 6.68. The summed E-state index contributed by atoms with van der Waals surface area (Å²) in [5, 5.41) is 10.4. The fourth-order valence-corrected chi connectivity index (χ4v) is 2.15. The highest BCUT2D eigenvalue weighted by atomic mass is 16.5. The molecular formula is C17H21NO2. The fraction of sp³-hybridized carbons (Fsp3) is 0.294. The van der Waals surface area contributed by atoms with Crippen LogP contribution in [0.15, 0.2) is 48.5 Å². The van der Waals surface area contributed by atoms with Gasteiger partial charge in [0.1, 0.15) is 5.75 Å². The molecular weight excluding hydrogens is 250 g/mol. The summed E-state index contributed by atoms with van der Waals surface area (Å²) in [6.07, 6.45) is 0.0654. The third kappa shape index (κ3) is 3.52. The van der Waals surface area contributed by atoms with Crippen molar-refractivity contribution in [1.29, 1.82) is 0 Å². The molecule has 2 aromatic carbocycles. The van der Waals surface area contributed by atoms with Crippen LogP contribution in [0, 0.1) is 0 Å². The number of methoxy groups -OCH3 is 1. The Morgan fingerprint density at radius 2 is 1.85 bits per heavy atom. The number of ether oxygens (including phenoxy) is 1. The van der Waals surface area contributed by atoms with Crippen LogP contribution in [0.5, 0.6) is 5.75 Å². The van der Waals surface area contributed by atoms with Crippen LogP contribution in [0.4, 0.5) is 5.69 Å². The van der Waals surface area contributed by atoms with Crippen LogP contribution in [-0.2, 0) is 6.42 Å². The maximum atomic E-state index is 10.4. The van der Waals surface area contributed by atoms with Crippen molar-refractivity contribution < 1.29 is 9.84 Å². The van der Waals surface area contributed by atoms with E-state index in [0.29, 0.717) is 6.42 Å². The van der Waals surface area contributed by atoms with Gasteiger partial charge in [-0.1, -0.05) is 24.3 Å². The van der Waals surface area contributed by atoms with E-state index >= 15 is 0 Å². The van der Waals surface area contributed by atoms with Crippen LogP contribution >= 0.6 is 0 Å². The van der Waals surface area contributed by atoms with Crippen molar-refractivity contribution >= 4 is 5.69 Å². The SMILES string of the molecule is COc1cccc(CC(O)c2cccc(N(C)C)c2)c1. The Morgan fingerprint density at radius 1 is 1.10 bits per heavy atom. The topological polar surface area (TPSA) is 32.7 Å². The molecule has 0 saturated carbocycles. The second-order valence-electron chi connectivity index (χ2n) is 5.06. The molecule has 0 aliphatic rings. The van der Waals surface area contributed by atoms with Gasteiger partial charge in [0.25, 0.3) is 0 Å². The molecule has 0 amide bonds. The van der Waals surface area contributed by atoms with E-state index in [1.54, 1.807) is 7.11 Å². The standard InChI is InChI=1S/C17H21NO2/c1-18(2)15-8-5-7-14(12-15)17(19)11-13-6-4-9-16(10-13)20-3/h4-10,12,17,19H,11H2,1-3H3. The Kier molecular flexibility index (Phi) is 4.64. The summed E-state index contributed by atoms with van der Waals surface area (Å²) in [6, 6.07) is 15.8. The number of rotatable bonds is 5. The molecule has 1 unspecified atom stereocenters. The smallest absolute Gasteiger partial charge is 0.119 e. The second kappa shape index (κ2) is 6.44. The third-order valence-electron chi connectivity index (χ3n) is 3.33. The first-order chi connectivity index (χ1) is 9.60. The minimum absolute atomic E-state index is 0.512. The number of anilines is 1. The quantitative estimate of drug-likeness (QED) is 0.907. The normalized spacial score (nSPS) is 12.0. The maximum absolute atomic E-state index is 10.4. The second-order valence-corrected chi connectivity index (χ2v) is 5.06. The zero-order chi connectivity index (χ0) is 14.5. The van der Waals surface area contributed by atoms with Gasteiger partial charge in [0, 0.05) is 26.2 Å². The first kappa shape index (κ1) is 14.4. The van der Waals surface area contributed by atoms with Gasteiger partial charge >= 0.3 is 0 Å². The average molecular weight is 271 g/mol. The first-order valence-electron chi connectivity index (χ1n) is 6.68. The van der Waals surface area contributed by atoms with E-state index in [-0.39, 0.29) is 0 Å². The minimum atomic E-state index is -0.512. The highest BCUT2D eigenvalue weighted by molar-refractivity contribution is 5.47. The lowest BCUT2D eigenvalue weighted by atomic mass is 10.0. The monoisotopic (exact) mass is 271 g/mol. The van der Waals surface area contributed by atoms with Crippen LogP contribution in [0.2, 0.25) is 0 Å². The van der Waals surface area contributed by atoms with Gasteiger partial charge in [-0.15, -0.1) is 0 Å². The summed E-state index contributed by atoms with van der Waals surface area (Å²) in [4.78, 5) is 2.03. The molecule has 0 aliphatic heterocycles. The molecule has 0 aliphatic carbocycles. The molecule has 3 nitrogen and oxygen atoms in total. The van der Waals surface area contributed by atoms with Crippen molar-refractivity contribution in [3.8, 4) is 5.75 Å². The molecule has 0 saturated heterocycles. The molecule has 3 heteroatoms. The molecule has 0 fully saturated rings. The van der Waals surface area contributed by atoms with Gasteiger partial charge in [0.15, 0.2) is 0 Å². The molecule has 0 bridgehead atoms. The summed E-state index contributed by atoms with van der Waals surface area (Å²) in [7, 11) is 5.64. The third-order valence-corrected chi connectivity index (χ3v) is 3.33.